The highest BCUT2D eigenvalue weighted by molar-refractivity contribution is 7.88. The van der Waals surface area contributed by atoms with E-state index in [1.807, 2.05) is 0 Å². The van der Waals surface area contributed by atoms with E-state index in [4.69, 9.17) is 27.7 Å². The lowest BCUT2D eigenvalue weighted by Crippen LogP contribution is -2.24. The number of nitrogens with one attached hydrogen (secondary N) is 1. The summed E-state index contributed by atoms with van der Waals surface area (Å²) < 4.78 is 31.8. The zero-order valence-corrected chi connectivity index (χ0v) is 15.1. The van der Waals surface area contributed by atoms with Gasteiger partial charge in [-0.05, 0) is 29.8 Å². The molecule has 0 saturated heterocycles. The van der Waals surface area contributed by atoms with E-state index >= 15 is 0 Å². The van der Waals surface area contributed by atoms with E-state index < -0.39 is 10.0 Å². The van der Waals surface area contributed by atoms with E-state index in [2.05, 4.69) is 14.9 Å². The quantitative estimate of drug-likeness (QED) is 0.685. The van der Waals surface area contributed by atoms with Crippen LogP contribution >= 0.6 is 23.2 Å². The number of aromatic nitrogens is 2. The molecule has 0 amide bonds. The summed E-state index contributed by atoms with van der Waals surface area (Å²) in [5.74, 6) is 0.280. The van der Waals surface area contributed by atoms with E-state index in [9.17, 15) is 8.42 Å². The minimum absolute atomic E-state index is 0.104. The van der Waals surface area contributed by atoms with Crippen molar-refractivity contribution in [1.29, 1.82) is 0 Å². The minimum Gasteiger partial charge on any atom is -0.338 e. The average molecular weight is 398 g/mol. The molecule has 25 heavy (non-hydrogen) atoms. The SMILES string of the molecule is O=S(=O)(Cc1ccc(Cl)cc1)NCc1nc(-c2ccccc2Cl)no1. The van der Waals surface area contributed by atoms with Crippen molar-refractivity contribution in [3.05, 3.63) is 70.0 Å². The molecule has 3 rings (SSSR count). The topological polar surface area (TPSA) is 85.1 Å². The molecule has 0 spiro atoms. The maximum absolute atomic E-state index is 12.1. The van der Waals surface area contributed by atoms with E-state index in [0.29, 0.717) is 27.0 Å². The van der Waals surface area contributed by atoms with Gasteiger partial charge in [0.25, 0.3) is 0 Å². The van der Waals surface area contributed by atoms with Crippen LogP contribution in [0.5, 0.6) is 0 Å². The van der Waals surface area contributed by atoms with Crippen molar-refractivity contribution < 1.29 is 12.9 Å². The van der Waals surface area contributed by atoms with Gasteiger partial charge in [-0.25, -0.2) is 13.1 Å². The van der Waals surface area contributed by atoms with Crippen molar-refractivity contribution in [3.8, 4) is 11.4 Å². The molecule has 0 bridgehead atoms. The Labute approximate surface area is 154 Å². The van der Waals surface area contributed by atoms with Gasteiger partial charge in [-0.15, -0.1) is 0 Å². The van der Waals surface area contributed by atoms with Gasteiger partial charge in [0.1, 0.15) is 0 Å². The fourth-order valence-electron chi connectivity index (χ4n) is 2.10. The first-order chi connectivity index (χ1) is 11.9. The summed E-state index contributed by atoms with van der Waals surface area (Å²) >= 11 is 11.9. The Bertz CT molecular complexity index is 972. The third kappa shape index (κ3) is 4.79. The summed E-state index contributed by atoms with van der Waals surface area (Å²) in [7, 11) is -3.56. The Morgan fingerprint density at radius 1 is 1.04 bits per heavy atom. The van der Waals surface area contributed by atoms with Gasteiger partial charge < -0.3 is 4.52 Å². The molecule has 6 nitrogen and oxygen atoms in total. The molecule has 130 valence electrons. The third-order valence-corrected chi connectivity index (χ3v) is 5.18. The van der Waals surface area contributed by atoms with Crippen LogP contribution < -0.4 is 4.72 Å². The Hall–Kier alpha value is -1.93. The van der Waals surface area contributed by atoms with Crippen LogP contribution in [0, 0.1) is 0 Å². The maximum atomic E-state index is 12.1. The third-order valence-electron chi connectivity index (χ3n) is 3.30. The molecule has 9 heteroatoms. The summed E-state index contributed by atoms with van der Waals surface area (Å²) in [6.45, 7) is -0.104. The van der Waals surface area contributed by atoms with Gasteiger partial charge in [0.15, 0.2) is 0 Å². The zero-order chi connectivity index (χ0) is 17.9. The predicted octanol–water partition coefficient (Wildman–Crippen LogP) is 3.66. The normalized spacial score (nSPS) is 11.6. The molecule has 0 aliphatic heterocycles. The van der Waals surface area contributed by atoms with Crippen LogP contribution in [0.15, 0.2) is 53.1 Å². The molecule has 0 radical (unpaired) electrons. The van der Waals surface area contributed by atoms with Crippen LogP contribution in [-0.2, 0) is 22.3 Å². The highest BCUT2D eigenvalue weighted by atomic mass is 35.5. The summed E-state index contributed by atoms with van der Waals surface area (Å²) in [6, 6.07) is 13.6. The second-order valence-electron chi connectivity index (χ2n) is 5.20. The molecule has 0 saturated carbocycles. The molecule has 1 aromatic heterocycles. The van der Waals surface area contributed by atoms with Gasteiger partial charge in [-0.2, -0.15) is 4.98 Å². The smallest absolute Gasteiger partial charge is 0.242 e. The number of hydrogen-bond donors (Lipinski definition) is 1. The molecule has 1 N–H and O–H groups in total. The van der Waals surface area contributed by atoms with Crippen LogP contribution in [0.4, 0.5) is 0 Å². The molecule has 0 aliphatic rings. The maximum Gasteiger partial charge on any atom is 0.242 e. The van der Waals surface area contributed by atoms with Crippen molar-refractivity contribution in [3.63, 3.8) is 0 Å². The minimum atomic E-state index is -3.56. The molecular weight excluding hydrogens is 385 g/mol. The molecule has 0 unspecified atom stereocenters. The fraction of sp³-hybridized carbons (Fsp3) is 0.125. The summed E-state index contributed by atoms with van der Waals surface area (Å²) in [5, 5.41) is 4.85. The van der Waals surface area contributed by atoms with Gasteiger partial charge in [0, 0.05) is 10.6 Å². The highest BCUT2D eigenvalue weighted by Crippen LogP contribution is 2.24. The number of rotatable bonds is 6. The van der Waals surface area contributed by atoms with E-state index in [0.717, 1.165) is 0 Å². The molecular formula is C16H13Cl2N3O3S. The largest absolute Gasteiger partial charge is 0.338 e. The first kappa shape index (κ1) is 17.9. The second kappa shape index (κ2) is 7.53. The number of halogens is 2. The monoisotopic (exact) mass is 397 g/mol. The molecule has 2 aromatic carbocycles. The van der Waals surface area contributed by atoms with Gasteiger partial charge in [-0.3, -0.25) is 0 Å². The summed E-state index contributed by atoms with van der Waals surface area (Å²) in [6.07, 6.45) is 0. The van der Waals surface area contributed by atoms with Gasteiger partial charge in [-0.1, -0.05) is 52.6 Å². The van der Waals surface area contributed by atoms with Crippen LogP contribution in [0.2, 0.25) is 10.0 Å². The first-order valence-electron chi connectivity index (χ1n) is 7.22. The summed E-state index contributed by atoms with van der Waals surface area (Å²) in [5.41, 5.74) is 1.24. The lowest BCUT2D eigenvalue weighted by molar-refractivity contribution is 0.376. The molecule has 0 fully saturated rings. The number of hydrogen-bond acceptors (Lipinski definition) is 5. The standard InChI is InChI=1S/C16H13Cl2N3O3S/c17-12-7-5-11(6-8-12)10-25(22,23)19-9-15-20-16(21-24-15)13-3-1-2-4-14(13)18/h1-8,19H,9-10H2. The van der Waals surface area contributed by atoms with Crippen molar-refractivity contribution in [1.82, 2.24) is 14.9 Å². The zero-order valence-electron chi connectivity index (χ0n) is 12.8. The van der Waals surface area contributed by atoms with Crippen molar-refractivity contribution in [2.75, 3.05) is 0 Å². The number of benzene rings is 2. The fourth-order valence-corrected chi connectivity index (χ4v) is 3.52. The predicted molar refractivity (Wildman–Crippen MR) is 95.7 cm³/mol. The van der Waals surface area contributed by atoms with Crippen LogP contribution in [0.3, 0.4) is 0 Å². The highest BCUT2D eigenvalue weighted by Gasteiger charge is 2.15. The van der Waals surface area contributed by atoms with Crippen LogP contribution in [-0.4, -0.2) is 18.6 Å². The summed E-state index contributed by atoms with van der Waals surface area (Å²) in [4.78, 5) is 4.16. The first-order valence-corrected chi connectivity index (χ1v) is 9.63. The molecule has 0 aliphatic carbocycles. The van der Waals surface area contributed by atoms with Gasteiger partial charge >= 0.3 is 0 Å². The van der Waals surface area contributed by atoms with Crippen LogP contribution in [0.25, 0.3) is 11.4 Å². The average Bonchev–Trinajstić information content (AvgIpc) is 3.04. The van der Waals surface area contributed by atoms with E-state index in [-0.39, 0.29) is 18.2 Å². The number of nitrogens with zero attached hydrogens (tertiary/aromatic N) is 2. The Morgan fingerprint density at radius 3 is 2.48 bits per heavy atom. The second-order valence-corrected chi connectivity index (χ2v) is 7.85. The van der Waals surface area contributed by atoms with E-state index in [1.54, 1.807) is 48.5 Å². The Balaban J connectivity index is 1.65. The van der Waals surface area contributed by atoms with Gasteiger partial charge in [0.05, 0.1) is 17.3 Å². The molecule has 0 atom stereocenters. The number of sulfonamides is 1. The molecule has 3 aromatic rings. The van der Waals surface area contributed by atoms with Crippen LogP contribution in [0.1, 0.15) is 11.5 Å². The Kier molecular flexibility index (Phi) is 5.39. The molecule has 1 heterocycles. The van der Waals surface area contributed by atoms with Gasteiger partial charge in [0.2, 0.25) is 21.7 Å². The lowest BCUT2D eigenvalue weighted by Gasteiger charge is -2.04. The van der Waals surface area contributed by atoms with Crippen molar-refractivity contribution >= 4 is 33.2 Å². The Morgan fingerprint density at radius 2 is 1.76 bits per heavy atom. The van der Waals surface area contributed by atoms with Crippen molar-refractivity contribution in [2.24, 2.45) is 0 Å². The van der Waals surface area contributed by atoms with E-state index in [1.165, 1.54) is 0 Å². The van der Waals surface area contributed by atoms with Crippen molar-refractivity contribution in [2.45, 2.75) is 12.3 Å². The lowest BCUT2D eigenvalue weighted by atomic mass is 10.2.